The molecule has 0 heterocycles. The lowest BCUT2D eigenvalue weighted by molar-refractivity contribution is -0.144. The van der Waals surface area contributed by atoms with Crippen molar-refractivity contribution >= 4 is 11.9 Å². The SMILES string of the molecule is CCCCCCCCCCCCCCCNC(=O)CCNCCN(CCO)CCC(=O)OCCCCCCCCCCCCCCC. The van der Waals surface area contributed by atoms with Crippen LogP contribution in [-0.4, -0.2) is 74.4 Å². The maximum Gasteiger partial charge on any atom is 0.307 e. The summed E-state index contributed by atoms with van der Waals surface area (Å²) in [5.41, 5.74) is 0. The van der Waals surface area contributed by atoms with Crippen LogP contribution in [0.1, 0.15) is 194 Å². The monoisotopic (exact) mass is 668 g/mol. The largest absolute Gasteiger partial charge is 0.466 e. The van der Waals surface area contributed by atoms with Crippen LogP contribution in [0.5, 0.6) is 0 Å². The number of aliphatic hydroxyl groups is 1. The van der Waals surface area contributed by atoms with Gasteiger partial charge in [0.05, 0.1) is 19.6 Å². The second kappa shape index (κ2) is 39.3. The van der Waals surface area contributed by atoms with Crippen LogP contribution in [0.15, 0.2) is 0 Å². The molecule has 0 saturated carbocycles. The van der Waals surface area contributed by atoms with Gasteiger partial charge in [-0.15, -0.1) is 0 Å². The summed E-state index contributed by atoms with van der Waals surface area (Å²) in [5.74, 6) is -0.0464. The van der Waals surface area contributed by atoms with Crippen LogP contribution in [0, 0.1) is 0 Å². The van der Waals surface area contributed by atoms with E-state index >= 15 is 0 Å². The zero-order valence-electron chi connectivity index (χ0n) is 31.6. The summed E-state index contributed by atoms with van der Waals surface area (Å²) in [4.78, 5) is 26.4. The van der Waals surface area contributed by atoms with E-state index in [1.165, 1.54) is 148 Å². The molecular weight excluding hydrogens is 586 g/mol. The molecule has 0 aliphatic carbocycles. The third kappa shape index (κ3) is 37.5. The number of ether oxygens (including phenoxy) is 1. The van der Waals surface area contributed by atoms with Crippen LogP contribution in [0.25, 0.3) is 0 Å². The Morgan fingerprint density at radius 2 is 0.957 bits per heavy atom. The van der Waals surface area contributed by atoms with E-state index in [1.807, 2.05) is 0 Å². The van der Waals surface area contributed by atoms with E-state index in [9.17, 15) is 14.7 Å². The summed E-state index contributed by atoms with van der Waals surface area (Å²) in [6, 6.07) is 0. The van der Waals surface area contributed by atoms with E-state index in [0.717, 1.165) is 38.9 Å². The fraction of sp³-hybridized carbons (Fsp3) is 0.950. The van der Waals surface area contributed by atoms with Crippen molar-refractivity contribution in [2.45, 2.75) is 194 Å². The van der Waals surface area contributed by atoms with E-state index in [2.05, 4.69) is 29.4 Å². The number of carbonyl (C=O) groups excluding carboxylic acids is 2. The molecule has 0 spiro atoms. The molecular formula is C40H81N3O4. The van der Waals surface area contributed by atoms with Crippen molar-refractivity contribution in [3.63, 3.8) is 0 Å². The predicted molar refractivity (Wildman–Crippen MR) is 201 cm³/mol. The smallest absolute Gasteiger partial charge is 0.307 e. The van der Waals surface area contributed by atoms with Crippen molar-refractivity contribution in [1.29, 1.82) is 0 Å². The van der Waals surface area contributed by atoms with Crippen LogP contribution in [0.4, 0.5) is 0 Å². The van der Waals surface area contributed by atoms with Gasteiger partial charge in [0.25, 0.3) is 0 Å². The molecule has 0 bridgehead atoms. The van der Waals surface area contributed by atoms with Crippen LogP contribution < -0.4 is 10.6 Å². The zero-order chi connectivity index (χ0) is 34.3. The molecule has 0 aromatic heterocycles. The van der Waals surface area contributed by atoms with Gasteiger partial charge in [-0.3, -0.25) is 14.5 Å². The number of unbranched alkanes of at least 4 members (excludes halogenated alkanes) is 24. The summed E-state index contributed by atoms with van der Waals surface area (Å²) in [6.07, 6.45) is 35.1. The molecule has 0 saturated heterocycles. The van der Waals surface area contributed by atoms with Gasteiger partial charge in [-0.05, 0) is 12.8 Å². The number of hydrogen-bond donors (Lipinski definition) is 3. The van der Waals surface area contributed by atoms with Gasteiger partial charge in [0.1, 0.15) is 0 Å². The van der Waals surface area contributed by atoms with E-state index < -0.39 is 0 Å². The Kier molecular flexibility index (Phi) is 38.3. The van der Waals surface area contributed by atoms with Gasteiger partial charge in [0, 0.05) is 45.7 Å². The van der Waals surface area contributed by atoms with E-state index in [1.54, 1.807) is 0 Å². The fourth-order valence-corrected chi connectivity index (χ4v) is 6.13. The highest BCUT2D eigenvalue weighted by Gasteiger charge is 2.09. The summed E-state index contributed by atoms with van der Waals surface area (Å²) in [6.45, 7) is 9.10. The summed E-state index contributed by atoms with van der Waals surface area (Å²) in [7, 11) is 0. The number of amides is 1. The minimum Gasteiger partial charge on any atom is -0.466 e. The van der Waals surface area contributed by atoms with Gasteiger partial charge >= 0.3 is 5.97 Å². The van der Waals surface area contributed by atoms with Crippen LogP contribution >= 0.6 is 0 Å². The van der Waals surface area contributed by atoms with E-state index in [0.29, 0.717) is 39.1 Å². The number of aliphatic hydroxyl groups excluding tert-OH is 1. The van der Waals surface area contributed by atoms with Crippen LogP contribution in [-0.2, 0) is 14.3 Å². The Morgan fingerprint density at radius 3 is 1.43 bits per heavy atom. The number of rotatable bonds is 39. The van der Waals surface area contributed by atoms with Crippen molar-refractivity contribution in [1.82, 2.24) is 15.5 Å². The molecule has 0 atom stereocenters. The molecule has 0 unspecified atom stereocenters. The quantitative estimate of drug-likeness (QED) is 0.0447. The van der Waals surface area contributed by atoms with E-state index in [-0.39, 0.29) is 18.5 Å². The normalized spacial score (nSPS) is 11.4. The second-order valence-corrected chi connectivity index (χ2v) is 13.9. The van der Waals surface area contributed by atoms with Crippen molar-refractivity contribution in [3.8, 4) is 0 Å². The highest BCUT2D eigenvalue weighted by molar-refractivity contribution is 5.76. The third-order valence-corrected chi connectivity index (χ3v) is 9.30. The number of nitrogens with one attached hydrogen (secondary N) is 2. The molecule has 280 valence electrons. The van der Waals surface area contributed by atoms with Crippen molar-refractivity contribution in [2.75, 3.05) is 52.5 Å². The Bertz CT molecular complexity index is 649. The molecule has 7 heteroatoms. The van der Waals surface area contributed by atoms with Gasteiger partial charge in [-0.1, -0.05) is 168 Å². The zero-order valence-corrected chi connectivity index (χ0v) is 31.6. The van der Waals surface area contributed by atoms with Crippen molar-refractivity contribution in [2.24, 2.45) is 0 Å². The highest BCUT2D eigenvalue weighted by Crippen LogP contribution is 2.13. The lowest BCUT2D eigenvalue weighted by Crippen LogP contribution is -2.37. The summed E-state index contributed by atoms with van der Waals surface area (Å²) < 4.78 is 5.44. The van der Waals surface area contributed by atoms with Crippen LogP contribution in [0.2, 0.25) is 0 Å². The molecule has 1 amide bonds. The maximum atomic E-state index is 12.2. The Labute approximate surface area is 292 Å². The van der Waals surface area contributed by atoms with Gasteiger partial charge in [0.2, 0.25) is 5.91 Å². The van der Waals surface area contributed by atoms with Crippen molar-refractivity contribution < 1.29 is 19.4 Å². The van der Waals surface area contributed by atoms with Crippen molar-refractivity contribution in [3.05, 3.63) is 0 Å². The van der Waals surface area contributed by atoms with Gasteiger partial charge in [-0.2, -0.15) is 0 Å². The molecule has 0 aliphatic heterocycles. The minimum absolute atomic E-state index is 0.0651. The lowest BCUT2D eigenvalue weighted by Gasteiger charge is -2.21. The molecule has 0 fully saturated rings. The number of hydrogen-bond acceptors (Lipinski definition) is 6. The standard InChI is InChI=1S/C40H81N3O4/c1-3-5-7-9-11-13-15-17-19-21-23-25-27-31-42-39(45)29-32-41-33-35-43(36-37-44)34-30-40(46)47-38-28-26-24-22-20-18-16-14-12-10-8-6-4-2/h41,44H,3-38H2,1-2H3,(H,42,45). The molecule has 0 aliphatic rings. The Hall–Kier alpha value is -1.18. The lowest BCUT2D eigenvalue weighted by atomic mass is 10.0. The minimum atomic E-state index is -0.153. The van der Waals surface area contributed by atoms with Gasteiger partial charge in [0.15, 0.2) is 0 Å². The topological polar surface area (TPSA) is 90.9 Å². The first-order valence-electron chi connectivity index (χ1n) is 20.6. The molecule has 3 N–H and O–H groups in total. The third-order valence-electron chi connectivity index (χ3n) is 9.30. The Balaban J connectivity index is 3.56. The maximum absolute atomic E-state index is 12.2. The first-order chi connectivity index (χ1) is 23.1. The summed E-state index contributed by atoms with van der Waals surface area (Å²) >= 11 is 0. The average Bonchev–Trinajstić information content (AvgIpc) is 3.07. The molecule has 7 nitrogen and oxygen atoms in total. The summed E-state index contributed by atoms with van der Waals surface area (Å²) in [5, 5.41) is 15.8. The van der Waals surface area contributed by atoms with Gasteiger partial charge in [-0.25, -0.2) is 0 Å². The first-order valence-corrected chi connectivity index (χ1v) is 20.6. The number of carbonyl (C=O) groups is 2. The van der Waals surface area contributed by atoms with E-state index in [4.69, 9.17) is 4.74 Å². The molecule has 0 rings (SSSR count). The first kappa shape index (κ1) is 45.8. The molecule has 47 heavy (non-hydrogen) atoms. The number of esters is 1. The van der Waals surface area contributed by atoms with Gasteiger partial charge < -0.3 is 20.5 Å². The van der Waals surface area contributed by atoms with Crippen LogP contribution in [0.3, 0.4) is 0 Å². The Morgan fingerprint density at radius 1 is 0.511 bits per heavy atom. The highest BCUT2D eigenvalue weighted by atomic mass is 16.5. The predicted octanol–water partition coefficient (Wildman–Crippen LogP) is 9.49. The second-order valence-electron chi connectivity index (χ2n) is 13.9. The molecule has 0 aromatic rings. The molecule has 0 radical (unpaired) electrons. The average molecular weight is 668 g/mol. The number of nitrogens with zero attached hydrogens (tertiary/aromatic N) is 1. The molecule has 0 aromatic carbocycles. The fourth-order valence-electron chi connectivity index (χ4n) is 6.13.